The summed E-state index contributed by atoms with van der Waals surface area (Å²) in [6.07, 6.45) is 1.41. The van der Waals surface area contributed by atoms with E-state index in [1.165, 1.54) is 19.5 Å². The molecule has 0 aromatic heterocycles. The molecular weight excluding hydrogens is 106 g/mol. The van der Waals surface area contributed by atoms with Crippen molar-refractivity contribution in [3.63, 3.8) is 0 Å². The highest BCUT2D eigenvalue weighted by atomic mass is 32.2. The van der Waals surface area contributed by atoms with Crippen LogP contribution in [-0.2, 0) is 0 Å². The summed E-state index contributed by atoms with van der Waals surface area (Å²) in [7, 11) is 0. The Morgan fingerprint density at radius 1 is 1.43 bits per heavy atom. The van der Waals surface area contributed by atoms with E-state index in [1.807, 2.05) is 0 Å². The van der Waals surface area contributed by atoms with E-state index >= 15 is 0 Å². The van der Waals surface area contributed by atoms with Gasteiger partial charge in [-0.1, -0.05) is 0 Å². The van der Waals surface area contributed by atoms with Crippen LogP contribution in [0, 0.1) is 0 Å². The van der Waals surface area contributed by atoms with Gasteiger partial charge in [0.05, 0.1) is 0 Å². The van der Waals surface area contributed by atoms with E-state index in [0.717, 1.165) is 10.5 Å². The minimum Gasteiger partial charge on any atom is -0.316 e. The fourth-order valence-electron chi connectivity index (χ4n) is 1.10. The molecule has 1 N–H and O–H groups in total. The van der Waals surface area contributed by atoms with Crippen molar-refractivity contribution in [1.29, 1.82) is 0 Å². The van der Waals surface area contributed by atoms with E-state index in [9.17, 15) is 0 Å². The third kappa shape index (κ3) is 0.662. The highest BCUT2D eigenvalue weighted by Gasteiger charge is 2.39. The van der Waals surface area contributed by atoms with E-state index in [-0.39, 0.29) is 0 Å². The first-order chi connectivity index (χ1) is 3.47. The molecule has 2 aliphatic rings. The van der Waals surface area contributed by atoms with Crippen molar-refractivity contribution in [2.45, 2.75) is 16.9 Å². The molecule has 7 heavy (non-hydrogen) atoms. The normalized spacial score (nSPS) is 48.0. The maximum Gasteiger partial charge on any atom is 0.0295 e. The molecule has 0 saturated carbocycles. The molecule has 0 amide bonds. The van der Waals surface area contributed by atoms with Crippen molar-refractivity contribution in [3.05, 3.63) is 0 Å². The lowest BCUT2D eigenvalue weighted by Gasteiger charge is -2.06. The third-order valence-electron chi connectivity index (χ3n) is 1.64. The second kappa shape index (κ2) is 1.39. The Labute approximate surface area is 47.9 Å². The summed E-state index contributed by atoms with van der Waals surface area (Å²) < 4.78 is 0. The average Bonchev–Trinajstić information content (AvgIpc) is 2.41. The molecule has 2 saturated heterocycles. The van der Waals surface area contributed by atoms with Gasteiger partial charge in [-0.3, -0.25) is 0 Å². The molecule has 2 fully saturated rings. The van der Waals surface area contributed by atoms with Crippen LogP contribution in [0.15, 0.2) is 0 Å². The molecule has 0 spiro atoms. The van der Waals surface area contributed by atoms with Crippen molar-refractivity contribution in [3.8, 4) is 0 Å². The third-order valence-corrected chi connectivity index (χ3v) is 3.08. The molecule has 0 radical (unpaired) electrons. The van der Waals surface area contributed by atoms with E-state index in [2.05, 4.69) is 17.1 Å². The number of piperidine rings is 1. The second-order valence-electron chi connectivity index (χ2n) is 2.21. The minimum absolute atomic E-state index is 1.01. The summed E-state index contributed by atoms with van der Waals surface area (Å²) in [6.45, 7) is 2.53. The van der Waals surface area contributed by atoms with Gasteiger partial charge in [0.2, 0.25) is 0 Å². The smallest absolute Gasteiger partial charge is 0.0295 e. The van der Waals surface area contributed by atoms with Gasteiger partial charge < -0.3 is 5.32 Å². The van der Waals surface area contributed by atoms with Crippen molar-refractivity contribution in [1.82, 2.24) is 5.32 Å². The number of nitrogens with one attached hydrogen (secondary N) is 1. The molecular formula is C5H9NS. The standard InChI is InChI=1S/C5H9NS/c1-2-6-3-5-4(1)7-5/h4-6H,1-3H2. The summed E-state index contributed by atoms with van der Waals surface area (Å²) in [5, 5.41) is 5.42. The van der Waals surface area contributed by atoms with Gasteiger partial charge in [0.15, 0.2) is 0 Å². The van der Waals surface area contributed by atoms with Crippen LogP contribution in [0.1, 0.15) is 6.42 Å². The maximum atomic E-state index is 3.36. The first-order valence-electron chi connectivity index (χ1n) is 2.83. The molecule has 40 valence electrons. The molecule has 2 heteroatoms. The zero-order chi connectivity index (χ0) is 4.69. The number of hydrogen-bond donors (Lipinski definition) is 1. The molecule has 0 aromatic carbocycles. The summed E-state index contributed by atoms with van der Waals surface area (Å²) in [5.74, 6) is 0. The zero-order valence-electron chi connectivity index (χ0n) is 4.18. The number of fused-ring (bicyclic) bond motifs is 1. The molecule has 2 rings (SSSR count). The van der Waals surface area contributed by atoms with Gasteiger partial charge in [-0.05, 0) is 13.0 Å². The van der Waals surface area contributed by atoms with Crippen LogP contribution in [0.4, 0.5) is 0 Å². The Kier molecular flexibility index (Phi) is 0.837. The Morgan fingerprint density at radius 3 is 3.00 bits per heavy atom. The summed E-state index contributed by atoms with van der Waals surface area (Å²) in [6, 6.07) is 0. The first-order valence-corrected chi connectivity index (χ1v) is 3.77. The fraction of sp³-hybridized carbons (Fsp3) is 1.00. The topological polar surface area (TPSA) is 12.0 Å². The quantitative estimate of drug-likeness (QED) is 0.460. The molecule has 0 aliphatic carbocycles. The summed E-state index contributed by atoms with van der Waals surface area (Å²) in [4.78, 5) is 0. The van der Waals surface area contributed by atoms with Crippen molar-refractivity contribution >= 4 is 11.8 Å². The predicted octanol–water partition coefficient (Wildman–Crippen LogP) is 0.464. The molecule has 0 bridgehead atoms. The summed E-state index contributed by atoms with van der Waals surface area (Å²) in [5.41, 5.74) is 0. The van der Waals surface area contributed by atoms with Gasteiger partial charge in [-0.2, -0.15) is 11.8 Å². The number of thioether (sulfide) groups is 1. The van der Waals surface area contributed by atoms with Crippen LogP contribution < -0.4 is 5.32 Å². The van der Waals surface area contributed by atoms with E-state index in [0.29, 0.717) is 0 Å². The van der Waals surface area contributed by atoms with Crippen molar-refractivity contribution < 1.29 is 0 Å². The Hall–Kier alpha value is 0.310. The fourth-order valence-corrected chi connectivity index (χ4v) is 2.16. The molecule has 2 heterocycles. The number of rotatable bonds is 0. The molecule has 2 atom stereocenters. The van der Waals surface area contributed by atoms with Crippen molar-refractivity contribution in [2.75, 3.05) is 13.1 Å². The van der Waals surface area contributed by atoms with Crippen LogP contribution in [0.5, 0.6) is 0 Å². The highest BCUT2D eigenvalue weighted by molar-refractivity contribution is 8.07. The van der Waals surface area contributed by atoms with Gasteiger partial charge in [0.25, 0.3) is 0 Å². The van der Waals surface area contributed by atoms with E-state index in [4.69, 9.17) is 0 Å². The van der Waals surface area contributed by atoms with Gasteiger partial charge in [0, 0.05) is 17.0 Å². The minimum atomic E-state index is 1.01. The molecule has 2 aliphatic heterocycles. The second-order valence-corrected chi connectivity index (χ2v) is 3.69. The highest BCUT2D eigenvalue weighted by Crippen LogP contribution is 2.44. The summed E-state index contributed by atoms with van der Waals surface area (Å²) >= 11 is 2.14. The Morgan fingerprint density at radius 2 is 2.43 bits per heavy atom. The van der Waals surface area contributed by atoms with Crippen LogP contribution in [-0.4, -0.2) is 23.6 Å². The molecule has 0 aromatic rings. The lowest BCUT2D eigenvalue weighted by atomic mass is 10.2. The van der Waals surface area contributed by atoms with Crippen molar-refractivity contribution in [2.24, 2.45) is 0 Å². The lowest BCUT2D eigenvalue weighted by molar-refractivity contribution is 0.584. The van der Waals surface area contributed by atoms with Gasteiger partial charge in [-0.15, -0.1) is 0 Å². The predicted molar refractivity (Wildman–Crippen MR) is 32.7 cm³/mol. The molecule has 2 unspecified atom stereocenters. The Bertz CT molecular complexity index is 74.1. The largest absolute Gasteiger partial charge is 0.316 e. The number of hydrogen-bond acceptors (Lipinski definition) is 2. The monoisotopic (exact) mass is 115 g/mol. The zero-order valence-corrected chi connectivity index (χ0v) is 5.00. The van der Waals surface area contributed by atoms with Gasteiger partial charge in [0.1, 0.15) is 0 Å². The maximum absolute atomic E-state index is 3.36. The van der Waals surface area contributed by atoms with Crippen LogP contribution in [0.2, 0.25) is 0 Å². The van der Waals surface area contributed by atoms with E-state index in [1.54, 1.807) is 0 Å². The van der Waals surface area contributed by atoms with Gasteiger partial charge in [-0.25, -0.2) is 0 Å². The average molecular weight is 115 g/mol. The van der Waals surface area contributed by atoms with Crippen LogP contribution >= 0.6 is 11.8 Å². The SMILES string of the molecule is C1CC2SC2CN1. The first kappa shape index (κ1) is 4.21. The van der Waals surface area contributed by atoms with E-state index < -0.39 is 0 Å². The Balaban J connectivity index is 1.95. The van der Waals surface area contributed by atoms with Crippen LogP contribution in [0.3, 0.4) is 0 Å². The van der Waals surface area contributed by atoms with Gasteiger partial charge >= 0.3 is 0 Å². The lowest BCUT2D eigenvalue weighted by Crippen LogP contribution is -2.27. The molecule has 1 nitrogen and oxygen atoms in total. The van der Waals surface area contributed by atoms with Crippen LogP contribution in [0.25, 0.3) is 0 Å².